The number of hydrogen-bond acceptors (Lipinski definition) is 6. The Labute approximate surface area is 179 Å². The number of esters is 1. The molecule has 8 nitrogen and oxygen atoms in total. The molecule has 0 fully saturated rings. The van der Waals surface area contributed by atoms with E-state index in [-0.39, 0.29) is 24.8 Å². The SMILES string of the molecule is CCN(CC)C(=O)c1ccc(NC(=O)COC(=O)CCNC(=O)c2cccs2)cc1. The van der Waals surface area contributed by atoms with Crippen LogP contribution in [0, 0.1) is 0 Å². The summed E-state index contributed by atoms with van der Waals surface area (Å²) in [5.74, 6) is -1.40. The zero-order chi connectivity index (χ0) is 21.9. The van der Waals surface area contributed by atoms with Crippen molar-refractivity contribution in [3.63, 3.8) is 0 Å². The van der Waals surface area contributed by atoms with Crippen molar-refractivity contribution in [2.45, 2.75) is 20.3 Å². The van der Waals surface area contributed by atoms with Crippen LogP contribution < -0.4 is 10.6 Å². The first-order valence-corrected chi connectivity index (χ1v) is 10.5. The van der Waals surface area contributed by atoms with E-state index in [1.54, 1.807) is 46.7 Å². The van der Waals surface area contributed by atoms with Crippen LogP contribution in [0.4, 0.5) is 5.69 Å². The quantitative estimate of drug-likeness (QED) is 0.563. The van der Waals surface area contributed by atoms with Gasteiger partial charge in [0.2, 0.25) is 0 Å². The number of carbonyl (C=O) groups is 4. The minimum Gasteiger partial charge on any atom is -0.456 e. The highest BCUT2D eigenvalue weighted by Crippen LogP contribution is 2.12. The lowest BCUT2D eigenvalue weighted by atomic mass is 10.2. The number of amides is 3. The summed E-state index contributed by atoms with van der Waals surface area (Å²) in [6.45, 7) is 4.76. The average Bonchev–Trinajstić information content (AvgIpc) is 3.28. The summed E-state index contributed by atoms with van der Waals surface area (Å²) in [7, 11) is 0. The van der Waals surface area contributed by atoms with Crippen molar-refractivity contribution in [3.05, 3.63) is 52.2 Å². The standard InChI is InChI=1S/C21H25N3O5S/c1-3-24(4-2)21(28)15-7-9-16(10-8-15)23-18(25)14-29-19(26)11-12-22-20(27)17-6-5-13-30-17/h5-10,13H,3-4,11-12,14H2,1-2H3,(H,22,27)(H,23,25). The van der Waals surface area contributed by atoms with Gasteiger partial charge in [-0.05, 0) is 49.6 Å². The summed E-state index contributed by atoms with van der Waals surface area (Å²) in [6.07, 6.45) is -0.0352. The van der Waals surface area contributed by atoms with Crippen LogP contribution >= 0.6 is 11.3 Å². The van der Waals surface area contributed by atoms with E-state index in [0.29, 0.717) is 29.2 Å². The summed E-state index contributed by atoms with van der Waals surface area (Å²) in [5.41, 5.74) is 1.03. The van der Waals surface area contributed by atoms with E-state index in [1.165, 1.54) is 11.3 Å². The van der Waals surface area contributed by atoms with Crippen LogP contribution in [0.15, 0.2) is 41.8 Å². The summed E-state index contributed by atoms with van der Waals surface area (Å²) in [5, 5.41) is 7.01. The fourth-order valence-corrected chi connectivity index (χ4v) is 3.22. The first-order valence-electron chi connectivity index (χ1n) is 9.61. The molecule has 2 rings (SSSR count). The number of rotatable bonds is 10. The number of anilines is 1. The largest absolute Gasteiger partial charge is 0.456 e. The normalized spacial score (nSPS) is 10.2. The van der Waals surface area contributed by atoms with Crippen LogP contribution in [-0.2, 0) is 14.3 Å². The van der Waals surface area contributed by atoms with Crippen LogP contribution in [0.25, 0.3) is 0 Å². The summed E-state index contributed by atoms with van der Waals surface area (Å²) in [4.78, 5) is 49.9. The molecular weight excluding hydrogens is 406 g/mol. The molecule has 0 bridgehead atoms. The van der Waals surface area contributed by atoms with Gasteiger partial charge in [-0.1, -0.05) is 6.07 Å². The van der Waals surface area contributed by atoms with Gasteiger partial charge in [0.1, 0.15) is 0 Å². The lowest BCUT2D eigenvalue weighted by molar-refractivity contribution is -0.147. The number of hydrogen-bond donors (Lipinski definition) is 2. The molecule has 0 atom stereocenters. The van der Waals surface area contributed by atoms with Gasteiger partial charge in [-0.15, -0.1) is 11.3 Å². The molecule has 2 N–H and O–H groups in total. The molecule has 1 aromatic heterocycles. The van der Waals surface area contributed by atoms with Gasteiger partial charge in [-0.25, -0.2) is 0 Å². The Kier molecular flexibility index (Phi) is 9.02. The summed E-state index contributed by atoms with van der Waals surface area (Å²) in [6, 6.07) is 9.97. The Morgan fingerprint density at radius 3 is 2.33 bits per heavy atom. The number of carbonyl (C=O) groups excluding carboxylic acids is 4. The molecule has 1 aromatic carbocycles. The fourth-order valence-electron chi connectivity index (χ4n) is 2.58. The minimum atomic E-state index is -0.586. The van der Waals surface area contributed by atoms with Gasteiger partial charge < -0.3 is 20.3 Å². The second-order valence-corrected chi connectivity index (χ2v) is 7.19. The highest BCUT2D eigenvalue weighted by atomic mass is 32.1. The molecule has 0 aliphatic heterocycles. The van der Waals surface area contributed by atoms with Crippen molar-refractivity contribution in [1.29, 1.82) is 0 Å². The monoisotopic (exact) mass is 431 g/mol. The Balaban J connectivity index is 1.70. The molecule has 0 radical (unpaired) electrons. The fraction of sp³-hybridized carbons (Fsp3) is 0.333. The third-order valence-corrected chi connectivity index (χ3v) is 5.06. The van der Waals surface area contributed by atoms with Crippen molar-refractivity contribution in [3.8, 4) is 0 Å². The van der Waals surface area contributed by atoms with E-state index < -0.39 is 18.5 Å². The molecule has 2 aromatic rings. The molecule has 0 aliphatic carbocycles. The maximum atomic E-state index is 12.3. The first-order chi connectivity index (χ1) is 14.4. The number of ether oxygens (including phenoxy) is 1. The average molecular weight is 432 g/mol. The zero-order valence-electron chi connectivity index (χ0n) is 17.0. The topological polar surface area (TPSA) is 105 Å². The van der Waals surface area contributed by atoms with Gasteiger partial charge in [0, 0.05) is 30.9 Å². The van der Waals surface area contributed by atoms with Crippen LogP contribution in [0.1, 0.15) is 40.3 Å². The van der Waals surface area contributed by atoms with Gasteiger partial charge in [0.15, 0.2) is 6.61 Å². The number of benzene rings is 1. The third kappa shape index (κ3) is 7.00. The van der Waals surface area contributed by atoms with Crippen molar-refractivity contribution >= 4 is 40.7 Å². The van der Waals surface area contributed by atoms with Crippen molar-refractivity contribution in [2.24, 2.45) is 0 Å². The van der Waals surface area contributed by atoms with E-state index in [2.05, 4.69) is 10.6 Å². The Hall–Kier alpha value is -3.20. The van der Waals surface area contributed by atoms with Crippen molar-refractivity contribution in [2.75, 3.05) is 31.6 Å². The van der Waals surface area contributed by atoms with Gasteiger partial charge in [-0.2, -0.15) is 0 Å². The summed E-state index contributed by atoms with van der Waals surface area (Å²) < 4.78 is 4.91. The van der Waals surface area contributed by atoms with Gasteiger partial charge in [0.25, 0.3) is 17.7 Å². The molecular formula is C21H25N3O5S. The van der Waals surface area contributed by atoms with Crippen LogP contribution in [0.2, 0.25) is 0 Å². The van der Waals surface area contributed by atoms with Crippen molar-refractivity contribution in [1.82, 2.24) is 10.2 Å². The molecule has 3 amide bonds. The lowest BCUT2D eigenvalue weighted by Crippen LogP contribution is -2.30. The minimum absolute atomic E-state index is 0.0352. The molecule has 0 saturated heterocycles. The summed E-state index contributed by atoms with van der Waals surface area (Å²) >= 11 is 1.31. The van der Waals surface area contributed by atoms with Crippen LogP contribution in [0.3, 0.4) is 0 Å². The molecule has 1 heterocycles. The Bertz CT molecular complexity index is 861. The van der Waals surface area contributed by atoms with E-state index in [9.17, 15) is 19.2 Å². The molecule has 0 unspecified atom stereocenters. The van der Waals surface area contributed by atoms with Gasteiger partial charge in [-0.3, -0.25) is 19.2 Å². The van der Waals surface area contributed by atoms with E-state index in [0.717, 1.165) is 0 Å². The lowest BCUT2D eigenvalue weighted by Gasteiger charge is -2.18. The predicted molar refractivity (Wildman–Crippen MR) is 115 cm³/mol. The predicted octanol–water partition coefficient (Wildman–Crippen LogP) is 2.53. The number of thiophene rings is 1. The first kappa shape index (κ1) is 23.1. The molecule has 160 valence electrons. The smallest absolute Gasteiger partial charge is 0.308 e. The molecule has 30 heavy (non-hydrogen) atoms. The van der Waals surface area contributed by atoms with Crippen molar-refractivity contribution < 1.29 is 23.9 Å². The van der Waals surface area contributed by atoms with Gasteiger partial charge >= 0.3 is 5.97 Å². The second kappa shape index (κ2) is 11.7. The zero-order valence-corrected chi connectivity index (χ0v) is 17.8. The molecule has 0 aliphatic rings. The highest BCUT2D eigenvalue weighted by molar-refractivity contribution is 7.12. The van der Waals surface area contributed by atoms with Crippen LogP contribution in [-0.4, -0.2) is 54.8 Å². The van der Waals surface area contributed by atoms with E-state index in [1.807, 2.05) is 13.8 Å². The van der Waals surface area contributed by atoms with E-state index in [4.69, 9.17) is 4.74 Å². The van der Waals surface area contributed by atoms with Gasteiger partial charge in [0.05, 0.1) is 11.3 Å². The Morgan fingerprint density at radius 1 is 1.03 bits per heavy atom. The number of nitrogens with zero attached hydrogens (tertiary/aromatic N) is 1. The Morgan fingerprint density at radius 2 is 1.73 bits per heavy atom. The molecule has 0 spiro atoms. The second-order valence-electron chi connectivity index (χ2n) is 6.25. The number of nitrogens with one attached hydrogen (secondary N) is 2. The third-order valence-electron chi connectivity index (χ3n) is 4.19. The highest BCUT2D eigenvalue weighted by Gasteiger charge is 2.13. The maximum absolute atomic E-state index is 12.3. The van der Waals surface area contributed by atoms with E-state index >= 15 is 0 Å². The maximum Gasteiger partial charge on any atom is 0.308 e. The molecule has 0 saturated carbocycles. The van der Waals surface area contributed by atoms with Crippen LogP contribution in [0.5, 0.6) is 0 Å². The molecule has 9 heteroatoms.